The fraction of sp³-hybridized carbons (Fsp3) is 0.333. The van der Waals surface area contributed by atoms with Crippen molar-refractivity contribution in [1.29, 1.82) is 0 Å². The van der Waals surface area contributed by atoms with Crippen molar-refractivity contribution in [3.8, 4) is 5.69 Å². The number of carbonyl (C=O) groups excluding carboxylic acids is 1. The van der Waals surface area contributed by atoms with Crippen LogP contribution in [0.2, 0.25) is 10.0 Å². The second kappa shape index (κ2) is 6.44. The molecule has 0 N–H and O–H groups in total. The summed E-state index contributed by atoms with van der Waals surface area (Å²) in [6, 6.07) is 5.11. The number of aromatic nitrogens is 1. The smallest absolute Gasteiger partial charge is 0.323 e. The predicted molar refractivity (Wildman–Crippen MR) is 90.2 cm³/mol. The van der Waals surface area contributed by atoms with E-state index in [4.69, 9.17) is 23.2 Å². The monoisotopic (exact) mass is 355 g/mol. The lowest BCUT2D eigenvalue weighted by Gasteiger charge is -2.10. The Hall–Kier alpha value is -1.30. The van der Waals surface area contributed by atoms with E-state index in [1.807, 2.05) is 17.7 Å². The van der Waals surface area contributed by atoms with Gasteiger partial charge in [-0.1, -0.05) is 23.2 Å². The first kappa shape index (κ1) is 15.6. The van der Waals surface area contributed by atoms with E-state index in [-0.39, 0.29) is 6.03 Å². The number of aryl methyl sites for hydroxylation is 1. The maximum absolute atomic E-state index is 12.2. The minimum atomic E-state index is -0.179. The molecule has 1 saturated heterocycles. The van der Waals surface area contributed by atoms with Gasteiger partial charge in [-0.2, -0.15) is 4.99 Å². The maximum atomic E-state index is 12.2. The highest BCUT2D eigenvalue weighted by molar-refractivity contribution is 7.09. The molecule has 0 radical (unpaired) electrons. The van der Waals surface area contributed by atoms with Crippen molar-refractivity contribution in [2.75, 3.05) is 13.1 Å². The van der Waals surface area contributed by atoms with E-state index in [2.05, 4.69) is 4.99 Å². The van der Waals surface area contributed by atoms with E-state index < -0.39 is 0 Å². The molecule has 2 amide bonds. The van der Waals surface area contributed by atoms with Gasteiger partial charge in [0, 0.05) is 34.2 Å². The highest BCUT2D eigenvalue weighted by atomic mass is 35.5. The van der Waals surface area contributed by atoms with Crippen LogP contribution in [0.15, 0.2) is 29.4 Å². The second-order valence-electron chi connectivity index (χ2n) is 5.21. The summed E-state index contributed by atoms with van der Waals surface area (Å²) >= 11 is 13.6. The molecule has 4 nitrogen and oxygen atoms in total. The summed E-state index contributed by atoms with van der Waals surface area (Å²) in [5, 5.41) is 1.10. The molecule has 0 unspecified atom stereocenters. The average molecular weight is 356 g/mol. The van der Waals surface area contributed by atoms with Crippen LogP contribution in [0.4, 0.5) is 4.79 Å². The van der Waals surface area contributed by atoms with Crippen LogP contribution in [0.25, 0.3) is 5.69 Å². The predicted octanol–water partition coefficient (Wildman–Crippen LogP) is 4.27. The highest BCUT2D eigenvalue weighted by Crippen LogP contribution is 2.22. The van der Waals surface area contributed by atoms with Gasteiger partial charge in [-0.15, -0.1) is 11.3 Å². The Bertz CT molecular complexity index is 755. The average Bonchev–Trinajstić information content (AvgIpc) is 3.07. The Balaban J connectivity index is 2.04. The Morgan fingerprint density at radius 3 is 2.45 bits per heavy atom. The molecule has 1 fully saturated rings. The summed E-state index contributed by atoms with van der Waals surface area (Å²) in [6.07, 6.45) is 4.03. The van der Waals surface area contributed by atoms with Crippen LogP contribution in [0, 0.1) is 6.92 Å². The van der Waals surface area contributed by atoms with Crippen LogP contribution in [-0.2, 0) is 0 Å². The number of carbonyl (C=O) groups is 1. The van der Waals surface area contributed by atoms with Crippen LogP contribution in [0.5, 0.6) is 0 Å². The molecular formula is C15H15Cl2N3OS. The molecule has 0 bridgehead atoms. The van der Waals surface area contributed by atoms with Crippen LogP contribution in [0.3, 0.4) is 0 Å². The Labute approximate surface area is 142 Å². The molecular weight excluding hydrogens is 341 g/mol. The van der Waals surface area contributed by atoms with Gasteiger partial charge in [0.1, 0.15) is 0 Å². The van der Waals surface area contributed by atoms with Gasteiger partial charge in [-0.3, -0.25) is 4.57 Å². The van der Waals surface area contributed by atoms with Gasteiger partial charge in [-0.05, 0) is 38.0 Å². The number of urea groups is 1. The fourth-order valence-corrected chi connectivity index (χ4v) is 3.80. The minimum Gasteiger partial charge on any atom is -0.323 e. The zero-order valence-electron chi connectivity index (χ0n) is 12.1. The third kappa shape index (κ3) is 3.37. The zero-order valence-corrected chi connectivity index (χ0v) is 14.4. The molecule has 2 aromatic rings. The van der Waals surface area contributed by atoms with E-state index in [1.54, 1.807) is 23.1 Å². The number of hydrogen-bond acceptors (Lipinski definition) is 2. The van der Waals surface area contributed by atoms with E-state index in [9.17, 15) is 4.79 Å². The van der Waals surface area contributed by atoms with Crippen molar-refractivity contribution in [2.45, 2.75) is 19.8 Å². The normalized spacial score (nSPS) is 15.6. The number of amides is 2. The van der Waals surface area contributed by atoms with Gasteiger partial charge in [0.2, 0.25) is 0 Å². The van der Waals surface area contributed by atoms with Gasteiger partial charge in [-0.25, -0.2) is 4.79 Å². The summed E-state index contributed by atoms with van der Waals surface area (Å²) in [6.45, 7) is 3.55. The molecule has 0 spiro atoms. The lowest BCUT2D eigenvalue weighted by molar-refractivity contribution is 0.218. The summed E-state index contributed by atoms with van der Waals surface area (Å²) in [5.41, 5.74) is 0.801. The quantitative estimate of drug-likeness (QED) is 0.752. The van der Waals surface area contributed by atoms with E-state index >= 15 is 0 Å². The molecule has 22 heavy (non-hydrogen) atoms. The highest BCUT2D eigenvalue weighted by Gasteiger charge is 2.17. The summed E-state index contributed by atoms with van der Waals surface area (Å²) in [5.74, 6) is 0. The maximum Gasteiger partial charge on any atom is 0.346 e. The Morgan fingerprint density at radius 2 is 1.82 bits per heavy atom. The molecule has 2 heterocycles. The number of nitrogens with zero attached hydrogens (tertiary/aromatic N) is 3. The lowest BCUT2D eigenvalue weighted by atomic mass is 10.3. The van der Waals surface area contributed by atoms with E-state index in [1.165, 1.54) is 11.3 Å². The van der Waals surface area contributed by atoms with Crippen LogP contribution >= 0.6 is 34.5 Å². The number of hydrogen-bond donors (Lipinski definition) is 0. The molecule has 1 aromatic heterocycles. The number of rotatable bonds is 1. The molecule has 1 aromatic carbocycles. The number of likely N-dealkylation sites (tertiary alicyclic amines) is 1. The molecule has 1 aliphatic heterocycles. The van der Waals surface area contributed by atoms with Crippen molar-refractivity contribution in [1.82, 2.24) is 9.47 Å². The van der Waals surface area contributed by atoms with Crippen molar-refractivity contribution < 1.29 is 4.79 Å². The molecule has 0 aliphatic carbocycles. The summed E-state index contributed by atoms with van der Waals surface area (Å²) in [7, 11) is 0. The fourth-order valence-electron chi connectivity index (χ4n) is 2.46. The topological polar surface area (TPSA) is 37.6 Å². The van der Waals surface area contributed by atoms with Crippen molar-refractivity contribution >= 4 is 40.6 Å². The third-order valence-corrected chi connectivity index (χ3v) is 4.80. The first-order valence-electron chi connectivity index (χ1n) is 7.02. The molecule has 7 heteroatoms. The SMILES string of the molecule is Cc1cn(-c2cc(Cl)cc(Cl)c2)c(=NC(=O)N2CCCC2)s1. The first-order chi connectivity index (χ1) is 10.5. The lowest BCUT2D eigenvalue weighted by Crippen LogP contribution is -2.27. The molecule has 3 rings (SSSR count). The molecule has 0 atom stereocenters. The number of thiazole rings is 1. The Morgan fingerprint density at radius 1 is 1.18 bits per heavy atom. The van der Waals surface area contributed by atoms with Crippen LogP contribution < -0.4 is 4.80 Å². The Kier molecular flexibility index (Phi) is 4.57. The van der Waals surface area contributed by atoms with Crippen molar-refractivity contribution in [3.63, 3.8) is 0 Å². The third-order valence-electron chi connectivity index (χ3n) is 3.46. The van der Waals surface area contributed by atoms with Crippen molar-refractivity contribution in [3.05, 3.63) is 44.1 Å². The largest absolute Gasteiger partial charge is 0.346 e. The summed E-state index contributed by atoms with van der Waals surface area (Å²) in [4.78, 5) is 20.0. The second-order valence-corrected chi connectivity index (χ2v) is 7.30. The first-order valence-corrected chi connectivity index (χ1v) is 8.59. The van der Waals surface area contributed by atoms with Crippen LogP contribution in [-0.4, -0.2) is 28.6 Å². The zero-order chi connectivity index (χ0) is 15.7. The molecule has 116 valence electrons. The van der Waals surface area contributed by atoms with Gasteiger partial charge in [0.05, 0.1) is 5.69 Å². The van der Waals surface area contributed by atoms with Crippen LogP contribution in [0.1, 0.15) is 17.7 Å². The molecule has 1 aliphatic rings. The summed E-state index contributed by atoms with van der Waals surface area (Å²) < 4.78 is 1.85. The molecule has 0 saturated carbocycles. The van der Waals surface area contributed by atoms with E-state index in [0.717, 1.165) is 36.5 Å². The number of halogens is 2. The number of benzene rings is 1. The van der Waals surface area contributed by atoms with Crippen molar-refractivity contribution in [2.24, 2.45) is 4.99 Å². The van der Waals surface area contributed by atoms with Gasteiger partial charge < -0.3 is 4.90 Å². The van der Waals surface area contributed by atoms with Gasteiger partial charge in [0.25, 0.3) is 0 Å². The van der Waals surface area contributed by atoms with E-state index in [0.29, 0.717) is 14.8 Å². The van der Waals surface area contributed by atoms with Gasteiger partial charge >= 0.3 is 6.03 Å². The van der Waals surface area contributed by atoms with Gasteiger partial charge in [0.15, 0.2) is 4.80 Å². The standard InChI is InChI=1S/C15H15Cl2N3OS/c1-10-9-20(13-7-11(16)6-12(17)8-13)15(22-10)18-14(21)19-4-2-3-5-19/h6-9H,2-5H2,1H3. The minimum absolute atomic E-state index is 0.179.